The van der Waals surface area contributed by atoms with Crippen molar-refractivity contribution in [1.82, 2.24) is 9.97 Å². The molecule has 4 heteroatoms. The summed E-state index contributed by atoms with van der Waals surface area (Å²) >= 11 is 0. The molecule has 0 spiro atoms. The van der Waals surface area contributed by atoms with Crippen LogP contribution in [0, 0.1) is 19.7 Å². The summed E-state index contributed by atoms with van der Waals surface area (Å²) in [6, 6.07) is 6.87. The molecule has 2 rings (SSSR count). The van der Waals surface area contributed by atoms with Crippen molar-refractivity contribution in [2.75, 3.05) is 0 Å². The number of nitrogens with two attached hydrogens (primary N) is 1. The maximum atomic E-state index is 13.5. The van der Waals surface area contributed by atoms with E-state index in [2.05, 4.69) is 16.9 Å². The molecule has 1 aromatic heterocycles. The summed E-state index contributed by atoms with van der Waals surface area (Å²) in [5.41, 5.74) is 9.31. The normalized spacial score (nSPS) is 12.4. The molecule has 1 unspecified atom stereocenters. The first kappa shape index (κ1) is 14.6. The Balaban J connectivity index is 2.41. The molecule has 0 aliphatic carbocycles. The highest BCUT2D eigenvalue weighted by atomic mass is 19.1. The number of nitrogens with zero attached hydrogens (tertiary/aromatic N) is 2. The van der Waals surface area contributed by atoms with Crippen LogP contribution >= 0.6 is 0 Å². The van der Waals surface area contributed by atoms with Crippen LogP contribution in [0.2, 0.25) is 0 Å². The number of halogens is 1. The Kier molecular flexibility index (Phi) is 4.45. The Morgan fingerprint density at radius 2 is 1.90 bits per heavy atom. The fourth-order valence-electron chi connectivity index (χ4n) is 2.15. The van der Waals surface area contributed by atoms with Crippen LogP contribution < -0.4 is 5.73 Å². The Morgan fingerprint density at radius 1 is 1.15 bits per heavy atom. The lowest BCUT2D eigenvalue weighted by Gasteiger charge is -2.10. The monoisotopic (exact) mass is 273 g/mol. The maximum absolute atomic E-state index is 13.5. The van der Waals surface area contributed by atoms with Crippen molar-refractivity contribution >= 4 is 0 Å². The molecule has 1 heterocycles. The van der Waals surface area contributed by atoms with Gasteiger partial charge in [-0.3, -0.25) is 0 Å². The fraction of sp³-hybridized carbons (Fsp3) is 0.375. The van der Waals surface area contributed by atoms with Gasteiger partial charge in [0.2, 0.25) is 0 Å². The lowest BCUT2D eigenvalue weighted by Crippen LogP contribution is -2.22. The lowest BCUT2D eigenvalue weighted by molar-refractivity contribution is 0.626. The lowest BCUT2D eigenvalue weighted by atomic mass is 10.1. The average molecular weight is 273 g/mol. The largest absolute Gasteiger partial charge is 0.327 e. The molecule has 0 radical (unpaired) electrons. The molecular weight excluding hydrogens is 253 g/mol. The summed E-state index contributed by atoms with van der Waals surface area (Å²) in [5.74, 6) is 0.294. The van der Waals surface area contributed by atoms with E-state index in [1.807, 2.05) is 26.0 Å². The molecule has 3 nitrogen and oxygen atoms in total. The fourth-order valence-corrected chi connectivity index (χ4v) is 2.15. The van der Waals surface area contributed by atoms with E-state index in [1.54, 1.807) is 0 Å². The predicted molar refractivity (Wildman–Crippen MR) is 78.9 cm³/mol. The van der Waals surface area contributed by atoms with Crippen molar-refractivity contribution in [2.24, 2.45) is 5.73 Å². The van der Waals surface area contributed by atoms with Crippen molar-refractivity contribution in [3.63, 3.8) is 0 Å². The summed E-state index contributed by atoms with van der Waals surface area (Å²) < 4.78 is 13.5. The van der Waals surface area contributed by atoms with Crippen LogP contribution in [0.5, 0.6) is 0 Å². The van der Waals surface area contributed by atoms with Crippen molar-refractivity contribution in [3.05, 3.63) is 47.0 Å². The molecule has 0 amide bonds. The van der Waals surface area contributed by atoms with E-state index in [-0.39, 0.29) is 11.9 Å². The molecular formula is C16H20FN3. The van der Waals surface area contributed by atoms with E-state index in [0.29, 0.717) is 17.8 Å². The van der Waals surface area contributed by atoms with Gasteiger partial charge in [-0.2, -0.15) is 0 Å². The van der Waals surface area contributed by atoms with Gasteiger partial charge in [-0.05, 0) is 50.1 Å². The number of rotatable bonds is 4. The maximum Gasteiger partial charge on any atom is 0.159 e. The first-order chi connectivity index (χ1) is 9.47. The first-order valence-electron chi connectivity index (χ1n) is 6.85. The van der Waals surface area contributed by atoms with Crippen LogP contribution in [0.4, 0.5) is 4.39 Å². The van der Waals surface area contributed by atoms with E-state index >= 15 is 0 Å². The van der Waals surface area contributed by atoms with Crippen molar-refractivity contribution in [2.45, 2.75) is 39.7 Å². The highest BCUT2D eigenvalue weighted by Gasteiger charge is 2.09. The van der Waals surface area contributed by atoms with Gasteiger partial charge in [0, 0.05) is 29.4 Å². The van der Waals surface area contributed by atoms with Crippen molar-refractivity contribution < 1.29 is 4.39 Å². The van der Waals surface area contributed by atoms with Crippen LogP contribution in [0.1, 0.15) is 30.3 Å². The number of aryl methyl sites for hydroxylation is 2. The Morgan fingerprint density at radius 3 is 2.55 bits per heavy atom. The number of benzene rings is 1. The molecule has 0 fully saturated rings. The second kappa shape index (κ2) is 6.09. The number of aromatic nitrogens is 2. The topological polar surface area (TPSA) is 51.8 Å². The van der Waals surface area contributed by atoms with Crippen LogP contribution in [0.25, 0.3) is 11.4 Å². The molecule has 20 heavy (non-hydrogen) atoms. The summed E-state index contributed by atoms with van der Waals surface area (Å²) in [7, 11) is 0. The summed E-state index contributed by atoms with van der Waals surface area (Å²) in [5, 5.41) is 0. The quantitative estimate of drug-likeness (QED) is 0.930. The third-order valence-corrected chi connectivity index (χ3v) is 3.20. The van der Waals surface area contributed by atoms with Gasteiger partial charge in [-0.1, -0.05) is 6.92 Å². The van der Waals surface area contributed by atoms with Crippen LogP contribution in [-0.4, -0.2) is 16.0 Å². The van der Waals surface area contributed by atoms with E-state index in [0.717, 1.165) is 23.4 Å². The molecule has 106 valence electrons. The van der Waals surface area contributed by atoms with Gasteiger partial charge < -0.3 is 5.73 Å². The van der Waals surface area contributed by atoms with Crippen molar-refractivity contribution in [1.29, 1.82) is 0 Å². The smallest absolute Gasteiger partial charge is 0.159 e. The van der Waals surface area contributed by atoms with Gasteiger partial charge in [-0.15, -0.1) is 0 Å². The molecule has 0 saturated carbocycles. The third-order valence-electron chi connectivity index (χ3n) is 3.20. The molecule has 1 atom stereocenters. The van der Waals surface area contributed by atoms with E-state index in [1.165, 1.54) is 12.1 Å². The molecule has 2 N–H and O–H groups in total. The van der Waals surface area contributed by atoms with Crippen molar-refractivity contribution in [3.8, 4) is 11.4 Å². The molecule has 0 bridgehead atoms. The van der Waals surface area contributed by atoms with Gasteiger partial charge in [-0.25, -0.2) is 14.4 Å². The minimum atomic E-state index is -0.267. The van der Waals surface area contributed by atoms with E-state index < -0.39 is 0 Å². The Bertz CT molecular complexity index is 590. The average Bonchev–Trinajstić information content (AvgIpc) is 2.36. The SMILES string of the molecule is CCC(N)Cc1cc(C)nc(-c2cc(C)cc(F)c2)n1. The minimum absolute atomic E-state index is 0.0893. The number of hydrogen-bond donors (Lipinski definition) is 1. The van der Waals surface area contributed by atoms with Crippen LogP contribution in [0.3, 0.4) is 0 Å². The highest BCUT2D eigenvalue weighted by molar-refractivity contribution is 5.56. The first-order valence-corrected chi connectivity index (χ1v) is 6.85. The van der Waals surface area contributed by atoms with Crippen LogP contribution in [0.15, 0.2) is 24.3 Å². The number of hydrogen-bond acceptors (Lipinski definition) is 3. The second-order valence-electron chi connectivity index (χ2n) is 5.21. The standard InChI is InChI=1S/C16H20FN3/c1-4-14(18)9-15-7-11(3)19-16(20-15)12-5-10(2)6-13(17)8-12/h5-8,14H,4,9,18H2,1-3H3. The van der Waals surface area contributed by atoms with Gasteiger partial charge in [0.05, 0.1) is 0 Å². The van der Waals surface area contributed by atoms with Crippen LogP contribution in [-0.2, 0) is 6.42 Å². The zero-order chi connectivity index (χ0) is 14.7. The Labute approximate surface area is 119 Å². The molecule has 0 saturated heterocycles. The van der Waals surface area contributed by atoms with Gasteiger partial charge >= 0.3 is 0 Å². The Hall–Kier alpha value is -1.81. The van der Waals surface area contributed by atoms with E-state index in [9.17, 15) is 4.39 Å². The molecule has 0 aliphatic rings. The summed E-state index contributed by atoms with van der Waals surface area (Å²) in [6.07, 6.45) is 1.61. The van der Waals surface area contributed by atoms with Gasteiger partial charge in [0.15, 0.2) is 5.82 Å². The zero-order valence-corrected chi connectivity index (χ0v) is 12.2. The molecule has 1 aromatic carbocycles. The highest BCUT2D eigenvalue weighted by Crippen LogP contribution is 2.19. The minimum Gasteiger partial charge on any atom is -0.327 e. The summed E-state index contributed by atoms with van der Waals surface area (Å²) in [4.78, 5) is 8.92. The predicted octanol–water partition coefficient (Wildman–Crippen LogP) is 3.18. The van der Waals surface area contributed by atoms with Gasteiger partial charge in [0.25, 0.3) is 0 Å². The van der Waals surface area contributed by atoms with Gasteiger partial charge in [0.1, 0.15) is 5.82 Å². The zero-order valence-electron chi connectivity index (χ0n) is 12.2. The van der Waals surface area contributed by atoms with E-state index in [4.69, 9.17) is 5.73 Å². The molecule has 2 aromatic rings. The summed E-state index contributed by atoms with van der Waals surface area (Å²) in [6.45, 7) is 5.82. The second-order valence-corrected chi connectivity index (χ2v) is 5.21. The molecule has 0 aliphatic heterocycles. The third kappa shape index (κ3) is 3.61.